The number of ether oxygens (including phenoxy) is 1. The fourth-order valence-corrected chi connectivity index (χ4v) is 3.80. The maximum Gasteiger partial charge on any atom is 0.129 e. The van der Waals surface area contributed by atoms with Crippen molar-refractivity contribution in [3.63, 3.8) is 0 Å². The van der Waals surface area contributed by atoms with Gasteiger partial charge in [0.15, 0.2) is 0 Å². The number of rotatable bonds is 3. The normalized spacial score (nSPS) is 30.3. The average Bonchev–Trinajstić information content (AvgIpc) is 3.10. The van der Waals surface area contributed by atoms with Crippen LogP contribution in [0.5, 0.6) is 0 Å². The van der Waals surface area contributed by atoms with Gasteiger partial charge in [-0.2, -0.15) is 0 Å². The zero-order valence-corrected chi connectivity index (χ0v) is 10.5. The smallest absolute Gasteiger partial charge is 0.129 e. The van der Waals surface area contributed by atoms with Gasteiger partial charge in [-0.3, -0.25) is 4.90 Å². The minimum Gasteiger partial charge on any atom is -0.495 e. The van der Waals surface area contributed by atoms with E-state index in [1.165, 1.54) is 25.7 Å². The predicted octanol–water partition coefficient (Wildman–Crippen LogP) is 2.06. The molecule has 2 heterocycles. The molecule has 1 saturated heterocycles. The molecule has 0 amide bonds. The van der Waals surface area contributed by atoms with Crippen LogP contribution in [-0.2, 0) is 4.74 Å². The summed E-state index contributed by atoms with van der Waals surface area (Å²) in [6, 6.07) is 0. The molecule has 96 valence electrons. The van der Waals surface area contributed by atoms with Crippen molar-refractivity contribution in [3.05, 3.63) is 11.8 Å². The maximum absolute atomic E-state index is 10.7. The molecule has 0 spiro atoms. The Bertz CT molecular complexity index is 301. The summed E-state index contributed by atoms with van der Waals surface area (Å²) in [4.78, 5) is 2.53. The second kappa shape index (κ2) is 4.62. The largest absolute Gasteiger partial charge is 0.495 e. The monoisotopic (exact) mass is 237 g/mol. The lowest BCUT2D eigenvalue weighted by Crippen LogP contribution is -2.54. The molecule has 2 fully saturated rings. The topological polar surface area (TPSA) is 32.7 Å². The van der Waals surface area contributed by atoms with E-state index in [0.717, 1.165) is 44.7 Å². The van der Waals surface area contributed by atoms with Gasteiger partial charge < -0.3 is 9.84 Å². The Balaban J connectivity index is 1.82. The number of hydrogen-bond donors (Lipinski definition) is 1. The van der Waals surface area contributed by atoms with E-state index < -0.39 is 6.10 Å². The Morgan fingerprint density at radius 2 is 1.88 bits per heavy atom. The van der Waals surface area contributed by atoms with E-state index in [-0.39, 0.29) is 5.54 Å². The van der Waals surface area contributed by atoms with Crippen LogP contribution in [0.1, 0.15) is 44.9 Å². The van der Waals surface area contributed by atoms with E-state index in [4.69, 9.17) is 4.74 Å². The van der Waals surface area contributed by atoms with E-state index in [2.05, 4.69) is 11.0 Å². The fourth-order valence-electron chi connectivity index (χ4n) is 3.80. The molecule has 0 aromatic rings. The van der Waals surface area contributed by atoms with Gasteiger partial charge in [-0.1, -0.05) is 12.8 Å². The Hall–Kier alpha value is -0.540. The molecular weight excluding hydrogens is 214 g/mol. The zero-order chi connectivity index (χ0) is 11.7. The lowest BCUT2D eigenvalue weighted by Gasteiger charge is -2.42. The van der Waals surface area contributed by atoms with Crippen molar-refractivity contribution in [2.45, 2.75) is 56.6 Å². The maximum atomic E-state index is 10.7. The molecule has 0 aromatic heterocycles. The molecule has 1 saturated carbocycles. The highest BCUT2D eigenvalue weighted by atomic mass is 16.5. The standard InChI is InChI=1S/C14H23NO2/c16-13(12-6-5-11-17-12)14(7-1-2-8-14)15-9-3-4-10-15/h6,13,16H,1-5,7-11H2. The highest BCUT2D eigenvalue weighted by Crippen LogP contribution is 2.42. The zero-order valence-electron chi connectivity index (χ0n) is 10.5. The Labute approximate surface area is 103 Å². The molecule has 0 radical (unpaired) electrons. The van der Waals surface area contributed by atoms with E-state index >= 15 is 0 Å². The molecule has 3 rings (SSSR count). The highest BCUT2D eigenvalue weighted by Gasteiger charge is 2.48. The van der Waals surface area contributed by atoms with E-state index in [1.807, 2.05) is 0 Å². The number of aliphatic hydroxyl groups is 1. The second-order valence-electron chi connectivity index (χ2n) is 5.65. The van der Waals surface area contributed by atoms with Gasteiger partial charge in [0, 0.05) is 6.42 Å². The molecule has 2 aliphatic heterocycles. The summed E-state index contributed by atoms with van der Waals surface area (Å²) in [6.07, 6.45) is 9.99. The molecule has 0 bridgehead atoms. The minimum atomic E-state index is -0.398. The third-order valence-corrected chi connectivity index (χ3v) is 4.72. The third kappa shape index (κ3) is 1.89. The molecule has 1 unspecified atom stereocenters. The van der Waals surface area contributed by atoms with Crippen molar-refractivity contribution in [2.75, 3.05) is 19.7 Å². The second-order valence-corrected chi connectivity index (χ2v) is 5.65. The fraction of sp³-hybridized carbons (Fsp3) is 0.857. The van der Waals surface area contributed by atoms with Crippen LogP contribution in [0.15, 0.2) is 11.8 Å². The van der Waals surface area contributed by atoms with Gasteiger partial charge in [-0.25, -0.2) is 0 Å². The number of likely N-dealkylation sites (tertiary alicyclic amines) is 1. The molecule has 0 aromatic carbocycles. The Morgan fingerprint density at radius 3 is 2.47 bits per heavy atom. The van der Waals surface area contributed by atoms with Crippen molar-refractivity contribution in [1.82, 2.24) is 4.90 Å². The summed E-state index contributed by atoms with van der Waals surface area (Å²) in [5.74, 6) is 0.846. The minimum absolute atomic E-state index is 0.00727. The lowest BCUT2D eigenvalue weighted by molar-refractivity contribution is -0.0240. The van der Waals surface area contributed by atoms with Gasteiger partial charge in [0.2, 0.25) is 0 Å². The quantitative estimate of drug-likeness (QED) is 0.815. The molecule has 1 N–H and O–H groups in total. The summed E-state index contributed by atoms with van der Waals surface area (Å²) in [5, 5.41) is 10.7. The van der Waals surface area contributed by atoms with Crippen LogP contribution in [0, 0.1) is 0 Å². The van der Waals surface area contributed by atoms with Crippen LogP contribution in [0.2, 0.25) is 0 Å². The Morgan fingerprint density at radius 1 is 1.18 bits per heavy atom. The van der Waals surface area contributed by atoms with E-state index in [0.29, 0.717) is 0 Å². The summed E-state index contributed by atoms with van der Waals surface area (Å²) in [5.41, 5.74) is -0.00727. The molecule has 3 aliphatic rings. The van der Waals surface area contributed by atoms with Gasteiger partial charge in [0.1, 0.15) is 11.9 Å². The van der Waals surface area contributed by atoms with Crippen LogP contribution in [0.4, 0.5) is 0 Å². The van der Waals surface area contributed by atoms with Gasteiger partial charge in [0.25, 0.3) is 0 Å². The van der Waals surface area contributed by atoms with Crippen LogP contribution < -0.4 is 0 Å². The predicted molar refractivity (Wildman–Crippen MR) is 66.7 cm³/mol. The molecule has 1 aliphatic carbocycles. The first-order valence-corrected chi connectivity index (χ1v) is 7.09. The van der Waals surface area contributed by atoms with Crippen LogP contribution in [0.25, 0.3) is 0 Å². The third-order valence-electron chi connectivity index (χ3n) is 4.72. The van der Waals surface area contributed by atoms with E-state index in [9.17, 15) is 5.11 Å². The first-order valence-electron chi connectivity index (χ1n) is 7.09. The molecule has 1 atom stereocenters. The summed E-state index contributed by atoms with van der Waals surface area (Å²) < 4.78 is 5.60. The summed E-state index contributed by atoms with van der Waals surface area (Å²) >= 11 is 0. The van der Waals surface area contributed by atoms with Crippen molar-refractivity contribution in [2.24, 2.45) is 0 Å². The molecule has 3 nitrogen and oxygen atoms in total. The van der Waals surface area contributed by atoms with Gasteiger partial charge in [-0.05, 0) is 44.8 Å². The lowest BCUT2D eigenvalue weighted by atomic mass is 9.87. The van der Waals surface area contributed by atoms with Crippen molar-refractivity contribution in [3.8, 4) is 0 Å². The van der Waals surface area contributed by atoms with Gasteiger partial charge >= 0.3 is 0 Å². The van der Waals surface area contributed by atoms with Crippen molar-refractivity contribution < 1.29 is 9.84 Å². The van der Waals surface area contributed by atoms with E-state index in [1.54, 1.807) is 0 Å². The molecule has 3 heteroatoms. The van der Waals surface area contributed by atoms with Crippen molar-refractivity contribution in [1.29, 1.82) is 0 Å². The van der Waals surface area contributed by atoms with Crippen LogP contribution in [-0.4, -0.2) is 41.3 Å². The van der Waals surface area contributed by atoms with Crippen molar-refractivity contribution >= 4 is 0 Å². The summed E-state index contributed by atoms with van der Waals surface area (Å²) in [6.45, 7) is 3.07. The van der Waals surface area contributed by atoms with Crippen LogP contribution >= 0.6 is 0 Å². The van der Waals surface area contributed by atoms with Crippen LogP contribution in [0.3, 0.4) is 0 Å². The SMILES string of the molecule is OC(C1=CCCO1)C1(N2CCCC2)CCCC1. The van der Waals surface area contributed by atoms with Gasteiger partial charge in [-0.15, -0.1) is 0 Å². The first kappa shape index (κ1) is 11.5. The van der Waals surface area contributed by atoms with Gasteiger partial charge in [0.05, 0.1) is 12.1 Å². The number of hydrogen-bond acceptors (Lipinski definition) is 3. The molecule has 17 heavy (non-hydrogen) atoms. The first-order chi connectivity index (χ1) is 8.33. The average molecular weight is 237 g/mol. The number of aliphatic hydroxyl groups excluding tert-OH is 1. The summed E-state index contributed by atoms with van der Waals surface area (Å²) in [7, 11) is 0. The highest BCUT2D eigenvalue weighted by molar-refractivity contribution is 5.16. The number of nitrogens with zero attached hydrogens (tertiary/aromatic N) is 1. The molecular formula is C14H23NO2. The Kier molecular flexibility index (Phi) is 3.14.